The molecule has 0 atom stereocenters. The van der Waals surface area contributed by atoms with Crippen molar-refractivity contribution in [2.75, 3.05) is 27.3 Å². The maximum absolute atomic E-state index is 5.54. The van der Waals surface area contributed by atoms with Gasteiger partial charge in [0.1, 0.15) is 0 Å². The van der Waals surface area contributed by atoms with Crippen molar-refractivity contribution in [2.45, 2.75) is 25.8 Å². The Labute approximate surface area is 125 Å². The van der Waals surface area contributed by atoms with Gasteiger partial charge in [-0.2, -0.15) is 0 Å². The van der Waals surface area contributed by atoms with Crippen molar-refractivity contribution in [1.82, 2.24) is 4.90 Å². The molecule has 1 aromatic carbocycles. The standard InChI is InChI=1S/C15H22N2O2S/c1-18-13-8-11-5-7-17(6-3-4-15(16)20)10-12(11)9-14(13)19-2/h8-9H,3-7,10H2,1-2H3,(H2,16,20). The van der Waals surface area contributed by atoms with Gasteiger partial charge in [-0.15, -0.1) is 0 Å². The summed E-state index contributed by atoms with van der Waals surface area (Å²) in [4.78, 5) is 3.04. The first-order valence-corrected chi connectivity index (χ1v) is 7.29. The molecule has 1 aliphatic rings. The molecule has 0 aliphatic carbocycles. The molecule has 0 saturated carbocycles. The quantitative estimate of drug-likeness (QED) is 0.815. The molecule has 1 aliphatic heterocycles. The molecule has 0 amide bonds. The van der Waals surface area contributed by atoms with Crippen LogP contribution in [0.2, 0.25) is 0 Å². The fourth-order valence-electron chi connectivity index (χ4n) is 2.61. The number of thiocarbonyl (C=S) groups is 1. The molecular formula is C15H22N2O2S. The molecule has 0 fully saturated rings. The molecule has 4 nitrogen and oxygen atoms in total. The Kier molecular flexibility index (Phi) is 5.20. The Morgan fingerprint density at radius 3 is 2.50 bits per heavy atom. The Bertz CT molecular complexity index is 491. The van der Waals surface area contributed by atoms with Crippen molar-refractivity contribution in [3.05, 3.63) is 23.3 Å². The molecule has 0 unspecified atom stereocenters. The molecule has 0 aromatic heterocycles. The lowest BCUT2D eigenvalue weighted by Crippen LogP contribution is -2.31. The molecule has 0 saturated heterocycles. The third-order valence-electron chi connectivity index (χ3n) is 3.69. The number of ether oxygens (including phenoxy) is 2. The van der Waals surface area contributed by atoms with Gasteiger partial charge in [0.15, 0.2) is 11.5 Å². The van der Waals surface area contributed by atoms with Crippen LogP contribution in [0.5, 0.6) is 11.5 Å². The van der Waals surface area contributed by atoms with Gasteiger partial charge in [-0.3, -0.25) is 4.90 Å². The summed E-state index contributed by atoms with van der Waals surface area (Å²) >= 11 is 4.91. The van der Waals surface area contributed by atoms with E-state index in [4.69, 9.17) is 27.4 Å². The van der Waals surface area contributed by atoms with E-state index in [9.17, 15) is 0 Å². The molecule has 2 rings (SSSR count). The van der Waals surface area contributed by atoms with Crippen LogP contribution in [-0.4, -0.2) is 37.2 Å². The van der Waals surface area contributed by atoms with Gasteiger partial charge in [-0.05, 0) is 49.1 Å². The fraction of sp³-hybridized carbons (Fsp3) is 0.533. The monoisotopic (exact) mass is 294 g/mol. The number of nitrogens with two attached hydrogens (primary N) is 1. The lowest BCUT2D eigenvalue weighted by molar-refractivity contribution is 0.251. The lowest BCUT2D eigenvalue weighted by Gasteiger charge is -2.29. The van der Waals surface area contributed by atoms with Crippen molar-refractivity contribution < 1.29 is 9.47 Å². The highest BCUT2D eigenvalue weighted by Gasteiger charge is 2.19. The van der Waals surface area contributed by atoms with Crippen LogP contribution in [0.25, 0.3) is 0 Å². The molecule has 110 valence electrons. The third-order valence-corrected chi connectivity index (χ3v) is 3.90. The van der Waals surface area contributed by atoms with Crippen LogP contribution >= 0.6 is 12.2 Å². The largest absolute Gasteiger partial charge is 0.493 e. The molecule has 1 aromatic rings. The SMILES string of the molecule is COc1cc2c(cc1OC)CN(CCCC(N)=S)CC2. The summed E-state index contributed by atoms with van der Waals surface area (Å²) in [5, 5.41) is 0. The Morgan fingerprint density at radius 1 is 1.25 bits per heavy atom. The minimum absolute atomic E-state index is 0.605. The van der Waals surface area contributed by atoms with Crippen molar-refractivity contribution in [3.8, 4) is 11.5 Å². The zero-order valence-corrected chi connectivity index (χ0v) is 13.0. The highest BCUT2D eigenvalue weighted by atomic mass is 32.1. The van der Waals surface area contributed by atoms with Crippen LogP contribution in [0.4, 0.5) is 0 Å². The summed E-state index contributed by atoms with van der Waals surface area (Å²) in [5.74, 6) is 1.62. The van der Waals surface area contributed by atoms with Crippen LogP contribution in [0.15, 0.2) is 12.1 Å². The average Bonchev–Trinajstić information content (AvgIpc) is 2.45. The molecule has 0 bridgehead atoms. The van der Waals surface area contributed by atoms with Gasteiger partial charge < -0.3 is 15.2 Å². The van der Waals surface area contributed by atoms with Crippen molar-refractivity contribution >= 4 is 17.2 Å². The van der Waals surface area contributed by atoms with E-state index in [0.717, 1.165) is 50.4 Å². The van der Waals surface area contributed by atoms with Gasteiger partial charge in [0.25, 0.3) is 0 Å². The van der Waals surface area contributed by atoms with Crippen LogP contribution in [0.3, 0.4) is 0 Å². The van der Waals surface area contributed by atoms with Gasteiger partial charge in [-0.1, -0.05) is 12.2 Å². The zero-order valence-electron chi connectivity index (χ0n) is 12.1. The van der Waals surface area contributed by atoms with E-state index in [2.05, 4.69) is 17.0 Å². The molecule has 20 heavy (non-hydrogen) atoms. The number of methoxy groups -OCH3 is 2. The van der Waals surface area contributed by atoms with E-state index in [0.29, 0.717) is 4.99 Å². The van der Waals surface area contributed by atoms with E-state index < -0.39 is 0 Å². The topological polar surface area (TPSA) is 47.7 Å². The van der Waals surface area contributed by atoms with E-state index in [-0.39, 0.29) is 0 Å². The van der Waals surface area contributed by atoms with E-state index >= 15 is 0 Å². The van der Waals surface area contributed by atoms with E-state index in [1.54, 1.807) is 14.2 Å². The number of hydrogen-bond donors (Lipinski definition) is 1. The Morgan fingerprint density at radius 2 is 1.90 bits per heavy atom. The van der Waals surface area contributed by atoms with Crippen molar-refractivity contribution in [3.63, 3.8) is 0 Å². The molecule has 0 spiro atoms. The van der Waals surface area contributed by atoms with Crippen LogP contribution < -0.4 is 15.2 Å². The maximum atomic E-state index is 5.54. The number of benzene rings is 1. The highest BCUT2D eigenvalue weighted by molar-refractivity contribution is 7.80. The predicted molar refractivity (Wildman–Crippen MR) is 84.5 cm³/mol. The molecule has 2 N–H and O–H groups in total. The Hall–Kier alpha value is -1.33. The third kappa shape index (κ3) is 3.61. The summed E-state index contributed by atoms with van der Waals surface area (Å²) in [6, 6.07) is 4.19. The normalized spacial score (nSPS) is 14.7. The van der Waals surface area contributed by atoms with Crippen LogP contribution in [-0.2, 0) is 13.0 Å². The summed E-state index contributed by atoms with van der Waals surface area (Å²) in [7, 11) is 3.35. The summed E-state index contributed by atoms with van der Waals surface area (Å²) in [6.45, 7) is 3.05. The highest BCUT2D eigenvalue weighted by Crippen LogP contribution is 2.33. The van der Waals surface area contributed by atoms with Crippen LogP contribution in [0, 0.1) is 0 Å². The second-order valence-corrected chi connectivity index (χ2v) is 5.60. The fourth-order valence-corrected chi connectivity index (χ4v) is 2.75. The Balaban J connectivity index is 2.03. The molecule has 1 heterocycles. The van der Waals surface area contributed by atoms with Gasteiger partial charge in [0.05, 0.1) is 19.2 Å². The second-order valence-electron chi connectivity index (χ2n) is 5.07. The number of fused-ring (bicyclic) bond motifs is 1. The van der Waals surface area contributed by atoms with Gasteiger partial charge >= 0.3 is 0 Å². The van der Waals surface area contributed by atoms with Crippen molar-refractivity contribution in [1.29, 1.82) is 0 Å². The summed E-state index contributed by atoms with van der Waals surface area (Å²) in [5.41, 5.74) is 8.22. The van der Waals surface area contributed by atoms with Gasteiger partial charge in [0, 0.05) is 13.1 Å². The molecule has 5 heteroatoms. The van der Waals surface area contributed by atoms with Gasteiger partial charge in [0.2, 0.25) is 0 Å². The second kappa shape index (κ2) is 6.90. The minimum atomic E-state index is 0.605. The average molecular weight is 294 g/mol. The first kappa shape index (κ1) is 15.1. The van der Waals surface area contributed by atoms with E-state index in [1.807, 2.05) is 0 Å². The maximum Gasteiger partial charge on any atom is 0.161 e. The number of hydrogen-bond acceptors (Lipinski definition) is 4. The van der Waals surface area contributed by atoms with Crippen molar-refractivity contribution in [2.24, 2.45) is 5.73 Å². The number of rotatable bonds is 6. The predicted octanol–water partition coefficient (Wildman–Crippen LogP) is 2.13. The minimum Gasteiger partial charge on any atom is -0.493 e. The summed E-state index contributed by atoms with van der Waals surface area (Å²) in [6.07, 6.45) is 2.89. The first-order chi connectivity index (χ1) is 9.63. The van der Waals surface area contributed by atoms with Crippen LogP contribution in [0.1, 0.15) is 24.0 Å². The lowest BCUT2D eigenvalue weighted by atomic mass is 9.98. The molecular weight excluding hydrogens is 272 g/mol. The zero-order chi connectivity index (χ0) is 14.5. The van der Waals surface area contributed by atoms with E-state index in [1.165, 1.54) is 11.1 Å². The smallest absolute Gasteiger partial charge is 0.161 e. The summed E-state index contributed by atoms with van der Waals surface area (Å²) < 4.78 is 10.7. The molecule has 0 radical (unpaired) electrons. The van der Waals surface area contributed by atoms with Gasteiger partial charge in [-0.25, -0.2) is 0 Å². The number of nitrogens with zero attached hydrogens (tertiary/aromatic N) is 1. The first-order valence-electron chi connectivity index (χ1n) is 6.88.